The molecule has 1 rings (SSSR count). The van der Waals surface area contributed by atoms with Crippen LogP contribution in [0.15, 0.2) is 10.6 Å². The number of aromatic nitrogens is 1. The molecule has 0 fully saturated rings. The van der Waals surface area contributed by atoms with Crippen LogP contribution in [0.25, 0.3) is 0 Å². The summed E-state index contributed by atoms with van der Waals surface area (Å²) in [4.78, 5) is 14.6. The van der Waals surface area contributed by atoms with E-state index in [0.717, 1.165) is 31.6 Å². The van der Waals surface area contributed by atoms with Crippen LogP contribution in [0.5, 0.6) is 0 Å². The highest BCUT2D eigenvalue weighted by atomic mass is 16.5. The number of aryl methyl sites for hydroxylation is 1. The quantitative estimate of drug-likeness (QED) is 0.801. The molecule has 0 saturated heterocycles. The van der Waals surface area contributed by atoms with Gasteiger partial charge in [-0.1, -0.05) is 32.9 Å². The SMILES string of the molecule is CCc1cc(C(=O)NC(C)C(CC)(CC)N(C)CC)no1. The highest BCUT2D eigenvalue weighted by Gasteiger charge is 2.37. The second-order valence-electron chi connectivity index (χ2n) is 5.55. The van der Waals surface area contributed by atoms with Gasteiger partial charge in [0.1, 0.15) is 5.76 Å². The lowest BCUT2D eigenvalue weighted by molar-refractivity contribution is 0.0643. The van der Waals surface area contributed by atoms with E-state index < -0.39 is 0 Å². The van der Waals surface area contributed by atoms with Gasteiger partial charge in [0.25, 0.3) is 5.91 Å². The molecule has 5 heteroatoms. The molecular formula is C16H29N3O2. The molecule has 1 atom stereocenters. The minimum atomic E-state index is -0.165. The Morgan fingerprint density at radius 2 is 2.00 bits per heavy atom. The van der Waals surface area contributed by atoms with Crippen LogP contribution in [-0.2, 0) is 6.42 Å². The Hall–Kier alpha value is -1.36. The van der Waals surface area contributed by atoms with E-state index >= 15 is 0 Å². The van der Waals surface area contributed by atoms with Crippen LogP contribution in [0.2, 0.25) is 0 Å². The van der Waals surface area contributed by atoms with Crippen molar-refractivity contribution in [2.24, 2.45) is 0 Å². The van der Waals surface area contributed by atoms with Crippen LogP contribution in [0, 0.1) is 0 Å². The molecule has 0 saturated carbocycles. The van der Waals surface area contributed by atoms with Crippen LogP contribution in [0.3, 0.4) is 0 Å². The van der Waals surface area contributed by atoms with Crippen molar-refractivity contribution in [1.82, 2.24) is 15.4 Å². The molecule has 1 amide bonds. The fraction of sp³-hybridized carbons (Fsp3) is 0.750. The predicted molar refractivity (Wildman–Crippen MR) is 84.4 cm³/mol. The van der Waals surface area contributed by atoms with E-state index in [4.69, 9.17) is 4.52 Å². The molecule has 0 aliphatic rings. The molecule has 21 heavy (non-hydrogen) atoms. The molecular weight excluding hydrogens is 266 g/mol. The Balaban J connectivity index is 2.86. The largest absolute Gasteiger partial charge is 0.361 e. The van der Waals surface area contributed by atoms with Crippen molar-refractivity contribution in [3.63, 3.8) is 0 Å². The summed E-state index contributed by atoms with van der Waals surface area (Å²) in [5, 5.41) is 6.93. The van der Waals surface area contributed by atoms with Crippen LogP contribution in [0.1, 0.15) is 63.7 Å². The molecule has 0 spiro atoms. The number of carbonyl (C=O) groups is 1. The van der Waals surface area contributed by atoms with Crippen molar-refractivity contribution in [3.05, 3.63) is 17.5 Å². The van der Waals surface area contributed by atoms with Crippen molar-refractivity contribution in [3.8, 4) is 0 Å². The van der Waals surface area contributed by atoms with Crippen molar-refractivity contribution < 1.29 is 9.32 Å². The first kappa shape index (κ1) is 17.7. The summed E-state index contributed by atoms with van der Waals surface area (Å²) >= 11 is 0. The van der Waals surface area contributed by atoms with Gasteiger partial charge in [-0.3, -0.25) is 9.69 Å². The third-order valence-electron chi connectivity index (χ3n) is 4.75. The number of nitrogens with zero attached hydrogens (tertiary/aromatic N) is 2. The molecule has 0 radical (unpaired) electrons. The van der Waals surface area contributed by atoms with Gasteiger partial charge >= 0.3 is 0 Å². The Kier molecular flexibility index (Phi) is 6.40. The number of hydrogen-bond donors (Lipinski definition) is 1. The molecule has 1 heterocycles. The molecule has 1 unspecified atom stereocenters. The van der Waals surface area contributed by atoms with Gasteiger partial charge in [-0.2, -0.15) is 0 Å². The maximum atomic E-state index is 12.3. The third kappa shape index (κ3) is 3.64. The normalized spacial score (nSPS) is 13.5. The molecule has 1 aromatic heterocycles. The summed E-state index contributed by atoms with van der Waals surface area (Å²) in [6, 6.07) is 1.75. The summed E-state index contributed by atoms with van der Waals surface area (Å²) in [6.07, 6.45) is 2.70. The summed E-state index contributed by atoms with van der Waals surface area (Å²) in [5.41, 5.74) is 0.320. The number of hydrogen-bond acceptors (Lipinski definition) is 4. The summed E-state index contributed by atoms with van der Waals surface area (Å²) < 4.78 is 5.10. The minimum Gasteiger partial charge on any atom is -0.361 e. The van der Waals surface area contributed by atoms with E-state index in [2.05, 4.69) is 50.1 Å². The zero-order valence-electron chi connectivity index (χ0n) is 14.2. The number of rotatable bonds is 8. The van der Waals surface area contributed by atoms with E-state index in [1.54, 1.807) is 6.07 Å². The van der Waals surface area contributed by atoms with Gasteiger partial charge in [0.2, 0.25) is 0 Å². The zero-order valence-corrected chi connectivity index (χ0v) is 14.2. The summed E-state index contributed by atoms with van der Waals surface area (Å²) in [6.45, 7) is 11.5. The lowest BCUT2D eigenvalue weighted by Crippen LogP contribution is -2.59. The van der Waals surface area contributed by atoms with Crippen LogP contribution in [0.4, 0.5) is 0 Å². The lowest BCUT2D eigenvalue weighted by Gasteiger charge is -2.45. The number of nitrogens with one attached hydrogen (secondary N) is 1. The van der Waals surface area contributed by atoms with E-state index in [1.807, 2.05) is 6.92 Å². The maximum absolute atomic E-state index is 12.3. The van der Waals surface area contributed by atoms with Gasteiger partial charge in [-0.25, -0.2) is 0 Å². The summed E-state index contributed by atoms with van der Waals surface area (Å²) in [5.74, 6) is 0.567. The topological polar surface area (TPSA) is 58.4 Å². The predicted octanol–water partition coefficient (Wildman–Crippen LogP) is 2.87. The lowest BCUT2D eigenvalue weighted by atomic mass is 9.83. The monoisotopic (exact) mass is 295 g/mol. The van der Waals surface area contributed by atoms with Gasteiger partial charge in [-0.05, 0) is 33.4 Å². The molecule has 0 aliphatic carbocycles. The van der Waals surface area contributed by atoms with Gasteiger partial charge in [0.15, 0.2) is 5.69 Å². The van der Waals surface area contributed by atoms with Crippen LogP contribution >= 0.6 is 0 Å². The standard InChI is InChI=1S/C16H29N3O2/c1-7-13-11-14(18-21-13)15(20)17-12(5)16(8-2,9-3)19(6)10-4/h11-12H,7-10H2,1-6H3,(H,17,20). The van der Waals surface area contributed by atoms with Crippen molar-refractivity contribution in [1.29, 1.82) is 0 Å². The van der Waals surface area contributed by atoms with E-state index in [0.29, 0.717) is 5.69 Å². The number of amides is 1. The van der Waals surface area contributed by atoms with E-state index in [9.17, 15) is 4.79 Å². The molecule has 120 valence electrons. The van der Waals surface area contributed by atoms with Gasteiger partial charge < -0.3 is 9.84 Å². The molecule has 0 aliphatic heterocycles. The van der Waals surface area contributed by atoms with Crippen molar-refractivity contribution in [2.75, 3.05) is 13.6 Å². The Labute approximate surface area is 128 Å². The second-order valence-corrected chi connectivity index (χ2v) is 5.55. The second kappa shape index (κ2) is 7.59. The zero-order chi connectivity index (χ0) is 16.0. The van der Waals surface area contributed by atoms with Gasteiger partial charge in [0.05, 0.1) is 0 Å². The average molecular weight is 295 g/mol. The first-order chi connectivity index (χ1) is 9.94. The molecule has 0 aromatic carbocycles. The summed E-state index contributed by atoms with van der Waals surface area (Å²) in [7, 11) is 2.11. The number of carbonyl (C=O) groups excluding carboxylic acids is 1. The van der Waals surface area contributed by atoms with Gasteiger partial charge in [0, 0.05) is 24.1 Å². The maximum Gasteiger partial charge on any atom is 0.273 e. The number of likely N-dealkylation sites (N-methyl/N-ethyl adjacent to an activating group) is 1. The Morgan fingerprint density at radius 3 is 2.43 bits per heavy atom. The fourth-order valence-corrected chi connectivity index (χ4v) is 3.04. The van der Waals surface area contributed by atoms with Crippen LogP contribution < -0.4 is 5.32 Å². The first-order valence-electron chi connectivity index (χ1n) is 7.92. The average Bonchev–Trinajstić information content (AvgIpc) is 2.97. The Morgan fingerprint density at radius 1 is 1.38 bits per heavy atom. The molecule has 5 nitrogen and oxygen atoms in total. The van der Waals surface area contributed by atoms with Crippen molar-refractivity contribution in [2.45, 2.75) is 65.5 Å². The van der Waals surface area contributed by atoms with Crippen molar-refractivity contribution >= 4 is 5.91 Å². The fourth-order valence-electron chi connectivity index (χ4n) is 3.04. The Bertz CT molecular complexity index is 452. The highest BCUT2D eigenvalue weighted by Crippen LogP contribution is 2.27. The van der Waals surface area contributed by atoms with E-state index in [-0.39, 0.29) is 17.5 Å². The minimum absolute atomic E-state index is 0.0340. The first-order valence-corrected chi connectivity index (χ1v) is 7.92. The smallest absolute Gasteiger partial charge is 0.273 e. The highest BCUT2D eigenvalue weighted by molar-refractivity contribution is 5.92. The molecule has 1 N–H and O–H groups in total. The third-order valence-corrected chi connectivity index (χ3v) is 4.75. The van der Waals surface area contributed by atoms with Gasteiger partial charge in [-0.15, -0.1) is 0 Å². The van der Waals surface area contributed by atoms with Crippen LogP contribution in [-0.4, -0.2) is 41.1 Å². The van der Waals surface area contributed by atoms with E-state index in [1.165, 1.54) is 0 Å². The molecule has 0 bridgehead atoms. The molecule has 1 aromatic rings.